The van der Waals surface area contributed by atoms with Gasteiger partial charge in [-0.05, 0) is 19.1 Å². The number of hydrogen-bond donors (Lipinski definition) is 4. The number of carbonyl (C=O) groups excluding carboxylic acids is 2. The lowest BCUT2D eigenvalue weighted by molar-refractivity contribution is -0.139. The van der Waals surface area contributed by atoms with Crippen LogP contribution in [0.2, 0.25) is 0 Å². The van der Waals surface area contributed by atoms with Crippen molar-refractivity contribution < 1.29 is 24.5 Å². The SMILES string of the molecule is CCOC(=O)C1=C(CCl)NC(=O)N[C@@H]1c1ccc(O)cc1O. The van der Waals surface area contributed by atoms with Gasteiger partial charge in [0.1, 0.15) is 11.5 Å². The van der Waals surface area contributed by atoms with Gasteiger partial charge in [-0.1, -0.05) is 0 Å². The van der Waals surface area contributed by atoms with E-state index in [1.807, 2.05) is 0 Å². The van der Waals surface area contributed by atoms with Crippen LogP contribution in [0.25, 0.3) is 0 Å². The molecule has 0 saturated carbocycles. The van der Waals surface area contributed by atoms with Crippen LogP contribution in [0.15, 0.2) is 29.5 Å². The highest BCUT2D eigenvalue weighted by Gasteiger charge is 2.34. The van der Waals surface area contributed by atoms with Gasteiger partial charge in [0, 0.05) is 17.3 Å². The lowest BCUT2D eigenvalue weighted by atomic mass is 9.94. The molecule has 1 heterocycles. The van der Waals surface area contributed by atoms with Gasteiger partial charge in [-0.15, -0.1) is 11.6 Å². The number of hydrogen-bond acceptors (Lipinski definition) is 5. The van der Waals surface area contributed by atoms with Crippen molar-refractivity contribution in [1.82, 2.24) is 10.6 Å². The Kier molecular flexibility index (Phi) is 4.77. The van der Waals surface area contributed by atoms with E-state index in [0.29, 0.717) is 0 Å². The fourth-order valence-electron chi connectivity index (χ4n) is 2.18. The summed E-state index contributed by atoms with van der Waals surface area (Å²) in [5.41, 5.74) is 0.567. The molecule has 22 heavy (non-hydrogen) atoms. The van der Waals surface area contributed by atoms with Crippen molar-refractivity contribution in [3.05, 3.63) is 35.0 Å². The maximum Gasteiger partial charge on any atom is 0.338 e. The van der Waals surface area contributed by atoms with Crippen molar-refractivity contribution in [2.45, 2.75) is 13.0 Å². The number of ether oxygens (including phenoxy) is 1. The molecule has 1 atom stereocenters. The topological polar surface area (TPSA) is 108 Å². The second-order valence-electron chi connectivity index (χ2n) is 4.52. The number of rotatable bonds is 4. The van der Waals surface area contributed by atoms with Crippen LogP contribution in [0.5, 0.6) is 11.5 Å². The molecule has 8 heteroatoms. The summed E-state index contributed by atoms with van der Waals surface area (Å²) in [6, 6.07) is 2.38. The summed E-state index contributed by atoms with van der Waals surface area (Å²) in [5.74, 6) is -1.15. The smallest absolute Gasteiger partial charge is 0.338 e. The maximum atomic E-state index is 12.2. The zero-order valence-corrected chi connectivity index (χ0v) is 12.5. The molecule has 1 aliphatic rings. The molecular weight excluding hydrogens is 312 g/mol. The van der Waals surface area contributed by atoms with E-state index in [1.54, 1.807) is 6.92 Å². The van der Waals surface area contributed by atoms with Crippen LogP contribution in [-0.2, 0) is 9.53 Å². The molecule has 0 unspecified atom stereocenters. The Morgan fingerprint density at radius 1 is 1.41 bits per heavy atom. The van der Waals surface area contributed by atoms with E-state index in [1.165, 1.54) is 12.1 Å². The second kappa shape index (κ2) is 6.57. The third kappa shape index (κ3) is 3.09. The second-order valence-corrected chi connectivity index (χ2v) is 4.79. The molecule has 0 aliphatic carbocycles. The van der Waals surface area contributed by atoms with Gasteiger partial charge in [0.2, 0.25) is 0 Å². The number of nitrogens with one attached hydrogen (secondary N) is 2. The molecule has 0 saturated heterocycles. The van der Waals surface area contributed by atoms with Crippen molar-refractivity contribution in [2.75, 3.05) is 12.5 Å². The first-order valence-corrected chi connectivity index (χ1v) is 7.06. The van der Waals surface area contributed by atoms with Crippen LogP contribution < -0.4 is 10.6 Å². The Hall–Kier alpha value is -2.41. The Morgan fingerprint density at radius 3 is 2.73 bits per heavy atom. The van der Waals surface area contributed by atoms with E-state index in [2.05, 4.69) is 10.6 Å². The van der Waals surface area contributed by atoms with Gasteiger partial charge in [0.25, 0.3) is 0 Å². The van der Waals surface area contributed by atoms with Gasteiger partial charge in [-0.3, -0.25) is 0 Å². The van der Waals surface area contributed by atoms with E-state index in [0.717, 1.165) is 6.07 Å². The monoisotopic (exact) mass is 326 g/mol. The summed E-state index contributed by atoms with van der Waals surface area (Å²) < 4.78 is 4.99. The van der Waals surface area contributed by atoms with Crippen molar-refractivity contribution in [3.8, 4) is 11.5 Å². The van der Waals surface area contributed by atoms with Gasteiger partial charge < -0.3 is 25.6 Å². The van der Waals surface area contributed by atoms with E-state index in [4.69, 9.17) is 16.3 Å². The Balaban J connectivity index is 2.54. The van der Waals surface area contributed by atoms with Crippen molar-refractivity contribution in [3.63, 3.8) is 0 Å². The average Bonchev–Trinajstić information content (AvgIpc) is 2.46. The van der Waals surface area contributed by atoms with Gasteiger partial charge >= 0.3 is 12.0 Å². The molecule has 1 aromatic carbocycles. The molecule has 118 valence electrons. The number of amides is 2. The highest BCUT2D eigenvalue weighted by molar-refractivity contribution is 6.20. The van der Waals surface area contributed by atoms with E-state index in [9.17, 15) is 19.8 Å². The van der Waals surface area contributed by atoms with Crippen LogP contribution in [0.3, 0.4) is 0 Å². The predicted octanol–water partition coefficient (Wildman–Crippen LogP) is 1.51. The van der Waals surface area contributed by atoms with Gasteiger partial charge in [-0.25, -0.2) is 9.59 Å². The zero-order valence-electron chi connectivity index (χ0n) is 11.7. The first kappa shape index (κ1) is 16.0. The van der Waals surface area contributed by atoms with Crippen LogP contribution in [-0.4, -0.2) is 34.7 Å². The van der Waals surface area contributed by atoms with E-state index < -0.39 is 18.0 Å². The Bertz CT molecular complexity index is 644. The minimum Gasteiger partial charge on any atom is -0.508 e. The first-order chi connectivity index (χ1) is 10.5. The summed E-state index contributed by atoms with van der Waals surface area (Å²) in [6.45, 7) is 1.81. The number of allylic oxidation sites excluding steroid dienone is 1. The third-order valence-corrected chi connectivity index (χ3v) is 3.37. The summed E-state index contributed by atoms with van der Waals surface area (Å²) in [5, 5.41) is 24.3. The molecule has 7 nitrogen and oxygen atoms in total. The van der Waals surface area contributed by atoms with Gasteiger partial charge in [0.05, 0.1) is 24.1 Å². The summed E-state index contributed by atoms with van der Waals surface area (Å²) in [4.78, 5) is 23.9. The predicted molar refractivity (Wildman–Crippen MR) is 78.6 cm³/mol. The highest BCUT2D eigenvalue weighted by Crippen LogP contribution is 2.35. The third-order valence-electron chi connectivity index (χ3n) is 3.11. The fourth-order valence-corrected chi connectivity index (χ4v) is 2.39. The molecule has 0 radical (unpaired) electrons. The largest absolute Gasteiger partial charge is 0.508 e. The van der Waals surface area contributed by atoms with Crippen LogP contribution in [0.4, 0.5) is 4.79 Å². The molecule has 2 amide bonds. The zero-order chi connectivity index (χ0) is 16.3. The van der Waals surface area contributed by atoms with Crippen molar-refractivity contribution in [1.29, 1.82) is 0 Å². The number of alkyl halides is 1. The number of phenolic OH excluding ortho intramolecular Hbond substituents is 2. The van der Waals surface area contributed by atoms with Gasteiger partial charge in [-0.2, -0.15) is 0 Å². The van der Waals surface area contributed by atoms with Crippen LogP contribution in [0, 0.1) is 0 Å². The molecule has 0 fully saturated rings. The minimum atomic E-state index is -0.929. The lowest BCUT2D eigenvalue weighted by Gasteiger charge is -2.29. The van der Waals surface area contributed by atoms with Crippen LogP contribution in [0.1, 0.15) is 18.5 Å². The minimum absolute atomic E-state index is 0.100. The van der Waals surface area contributed by atoms with Gasteiger partial charge in [0.15, 0.2) is 0 Å². The average molecular weight is 327 g/mol. The molecule has 2 rings (SSSR count). The normalized spacial score (nSPS) is 17.7. The first-order valence-electron chi connectivity index (χ1n) is 6.53. The molecule has 4 N–H and O–H groups in total. The molecule has 0 spiro atoms. The number of aromatic hydroxyl groups is 2. The number of benzene rings is 1. The number of halogens is 1. The molecule has 0 aromatic heterocycles. The summed E-state index contributed by atoms with van der Waals surface area (Å²) in [6.07, 6.45) is 0. The number of urea groups is 1. The Morgan fingerprint density at radius 2 is 2.14 bits per heavy atom. The molecule has 1 aromatic rings. The number of esters is 1. The molecule has 1 aliphatic heterocycles. The standard InChI is InChI=1S/C14H15ClN2O5/c1-2-22-13(20)11-9(6-15)16-14(21)17-12(11)8-4-3-7(18)5-10(8)19/h3-5,12,18-19H,2,6H2,1H3,(H2,16,17,21)/t12-/m1/s1. The Labute approximate surface area is 131 Å². The molecular formula is C14H15ClN2O5. The number of phenols is 2. The highest BCUT2D eigenvalue weighted by atomic mass is 35.5. The fraction of sp³-hybridized carbons (Fsp3) is 0.286. The summed E-state index contributed by atoms with van der Waals surface area (Å²) >= 11 is 5.79. The van der Waals surface area contributed by atoms with Crippen molar-refractivity contribution in [2.24, 2.45) is 0 Å². The molecule has 0 bridgehead atoms. The van der Waals surface area contributed by atoms with Crippen LogP contribution >= 0.6 is 11.6 Å². The number of carbonyl (C=O) groups is 2. The van der Waals surface area contributed by atoms with E-state index >= 15 is 0 Å². The summed E-state index contributed by atoms with van der Waals surface area (Å²) in [7, 11) is 0. The quantitative estimate of drug-likeness (QED) is 0.495. The van der Waals surface area contributed by atoms with Crippen molar-refractivity contribution >= 4 is 23.6 Å². The maximum absolute atomic E-state index is 12.2. The van der Waals surface area contributed by atoms with E-state index in [-0.39, 0.29) is 40.8 Å². The lowest BCUT2D eigenvalue weighted by Crippen LogP contribution is -2.46.